The monoisotopic (exact) mass is 1550 g/mol. The third-order valence-corrected chi connectivity index (χ3v) is 15.7. The molecule has 2 saturated carbocycles. The zero-order valence-corrected chi connectivity index (χ0v) is 56.1. The van der Waals surface area contributed by atoms with Crippen molar-refractivity contribution in [2.75, 3.05) is 11.5 Å². The van der Waals surface area contributed by atoms with E-state index >= 15 is 0 Å². The molecule has 0 radical (unpaired) electrons. The number of nitrogen functional groups attached to an aromatic ring is 2. The predicted octanol–water partition coefficient (Wildman–Crippen LogP) is 14.6. The first-order valence-corrected chi connectivity index (χ1v) is 41.1. The summed E-state index contributed by atoms with van der Waals surface area (Å²) in [5, 5.41) is 31.8. The molecular weight excluding hydrogens is 1470 g/mol. The van der Waals surface area contributed by atoms with Crippen LogP contribution in [0.2, 0.25) is 0 Å². The van der Waals surface area contributed by atoms with Gasteiger partial charge in [-0.3, -0.25) is 45.0 Å². The number of anilines is 2. The molecule has 5 N–H and O–H groups in total. The first-order chi connectivity index (χ1) is 39.1. The molecule has 14 atom stereocenters. The van der Waals surface area contributed by atoms with Gasteiger partial charge in [-0.2, -0.15) is 0 Å². The van der Waals surface area contributed by atoms with Crippen molar-refractivity contribution >= 4 is 112 Å². The number of hydrogen-bond acceptors (Lipinski definition) is 18. The van der Waals surface area contributed by atoms with E-state index in [4.69, 9.17) is 30.4 Å². The van der Waals surface area contributed by atoms with Gasteiger partial charge in [-0.25, -0.2) is 14.5 Å². The number of hydrogen-bond donors (Lipinski definition) is 3. The Morgan fingerprint density at radius 2 is 1.15 bits per heavy atom. The number of halogens is 3. The molecule has 2 aliphatic heterocycles. The van der Waals surface area contributed by atoms with Gasteiger partial charge in [0.1, 0.15) is 36.3 Å². The van der Waals surface area contributed by atoms with E-state index in [1.165, 1.54) is 24.9 Å². The maximum atomic E-state index is 12.5. The molecule has 21 nitrogen and oxygen atoms in total. The van der Waals surface area contributed by atoms with Crippen molar-refractivity contribution in [3.63, 3.8) is 0 Å². The molecule has 4 aromatic rings. The van der Waals surface area contributed by atoms with Gasteiger partial charge in [-0.05, 0) is 153 Å². The summed E-state index contributed by atoms with van der Waals surface area (Å²) in [7, 11) is 0. The quantitative estimate of drug-likeness (QED) is 0.0387. The van der Waals surface area contributed by atoms with Crippen LogP contribution in [0.3, 0.4) is 0 Å². The summed E-state index contributed by atoms with van der Waals surface area (Å²) in [4.78, 5) is 73.6. The van der Waals surface area contributed by atoms with E-state index in [2.05, 4.69) is 101 Å². The average Bonchev–Trinajstić information content (AvgIpc) is 2.06. The minimum absolute atomic E-state index is 0. The third kappa shape index (κ3) is 19.9. The number of rotatable bonds is 7. The number of aromatic nitrogens is 4. The number of aliphatic hydroxyl groups is 1. The van der Waals surface area contributed by atoms with Crippen molar-refractivity contribution in [1.29, 1.82) is 0 Å². The van der Waals surface area contributed by atoms with Crippen LogP contribution in [0.1, 0.15) is 157 Å². The molecular formula is C60H83I3N9O12V. The number of carbonyl (C=O) groups excluding carboxylic acids is 3. The number of pyridine rings is 4. The van der Waals surface area contributed by atoms with E-state index in [0.29, 0.717) is 59.4 Å². The molecule has 25 heteroatoms. The van der Waals surface area contributed by atoms with Gasteiger partial charge in [0, 0.05) is 37.6 Å². The molecule has 2 amide bonds. The van der Waals surface area contributed by atoms with Crippen LogP contribution >= 0.6 is 59.9 Å². The standard InChI is InChI=1S/C18H25N3O4.C15H22N2O2.C13H16N2O3.C12H12N2O3.2CH4.3HI.V/c1-10-7-11(12-5-6-20-9-13(12)19)8-14-15(10)24-16(22)21(14)17(23)25-18(2,3)4;1-9-6-12(13-4-5-17-8-14(13)16)7-10(2)15(9)19-11(3)18;1-8-5-10(6-9(2)13(8)16)11-3-4-14-7-12(11)15(17)18;1-7-4-8(5-11-12(7)17-11)9-2-3-13-6-10(9)14(15)16;;;;;;/h5-6,9-11,14-15H,7-8,19H2,1-4H3;4-5,8-10,12,15H,6-7,16H2,1-3H3;3-5,7-9,13,16H,6H2,1-2H3;2-3,5-7,11-12H,4H2,1H3;2*1H4;3*1H;/q;;;;;;;;;+3/p-3/t10-,11+,14+,15-;9-,10+,12?,15?;8-,9+,13+;7-,11-,12+;;;;;;/m0.10....../s1. The van der Waals surface area contributed by atoms with Gasteiger partial charge in [0.05, 0.1) is 63.0 Å². The SMILES string of the molecule is C.C.CC(=O)OC1[C@H](C)CC(c2ccncc2N)C[C@@H]1C.C[C@@H]1C=C(c2ccncc2[N+](=O)[O-])C[C@H](C)[C@H]1O.C[C@H]1CC(c2ccncc2[N+](=O)[O-])=C[C@@H]2O[C@@H]21.C[C@H]1C[C@@H](c2ccncc2N)C[C@@H]2[C@H]1OC(=O)N2C(=O)OC(C)(C)C.[I][V]([I])[I]. The van der Waals surface area contributed by atoms with E-state index < -0.39 is 22.7 Å². The molecule has 466 valence electrons. The van der Waals surface area contributed by atoms with Crippen LogP contribution in [-0.4, -0.2) is 100 Å². The fourth-order valence-corrected chi connectivity index (χ4v) is 12.0. The average molecular weight is 1550 g/mol. The normalized spacial score (nSPS) is 27.8. The topological polar surface area (TPSA) is 305 Å². The molecule has 2 unspecified atom stereocenters. The zero-order chi connectivity index (χ0) is 61.2. The number of carbonyl (C=O) groups is 3. The molecule has 85 heavy (non-hydrogen) atoms. The van der Waals surface area contributed by atoms with Crippen molar-refractivity contribution < 1.29 is 53.2 Å². The number of nitrogens with zero attached hydrogens (tertiary/aromatic N) is 7. The molecule has 0 aromatic carbocycles. The Balaban J connectivity index is 0.000000238. The summed E-state index contributed by atoms with van der Waals surface area (Å²) in [6, 6.07) is 6.94. The van der Waals surface area contributed by atoms with Crippen molar-refractivity contribution in [3.05, 3.63) is 128 Å². The third-order valence-electron chi connectivity index (χ3n) is 15.7. The molecule has 10 rings (SSSR count). The Morgan fingerprint density at radius 1 is 0.706 bits per heavy atom. The number of allylic oxidation sites excluding steroid dienone is 2. The number of fused-ring (bicyclic) bond motifs is 2. The van der Waals surface area contributed by atoms with Gasteiger partial charge >= 0.3 is 83.0 Å². The van der Waals surface area contributed by atoms with Crippen LogP contribution in [0.25, 0.3) is 11.1 Å². The van der Waals surface area contributed by atoms with E-state index in [-0.39, 0.29) is 96.2 Å². The Morgan fingerprint density at radius 3 is 1.60 bits per heavy atom. The van der Waals surface area contributed by atoms with Crippen LogP contribution in [0, 0.1) is 55.7 Å². The van der Waals surface area contributed by atoms with Crippen LogP contribution in [0.4, 0.5) is 32.3 Å². The van der Waals surface area contributed by atoms with Gasteiger partial charge in [0.15, 0.2) is 0 Å². The number of amides is 2. The summed E-state index contributed by atoms with van der Waals surface area (Å²) in [5.74, 6) is 1.74. The minimum atomic E-state index is -0.676. The van der Waals surface area contributed by atoms with E-state index in [1.54, 1.807) is 70.1 Å². The fourth-order valence-electron chi connectivity index (χ4n) is 12.0. The van der Waals surface area contributed by atoms with Crippen molar-refractivity contribution in [2.24, 2.45) is 35.5 Å². The Hall–Kier alpha value is -4.62. The summed E-state index contributed by atoms with van der Waals surface area (Å²) >= 11 is 7.39. The number of esters is 1. The molecule has 4 fully saturated rings. The van der Waals surface area contributed by atoms with E-state index in [9.17, 15) is 39.7 Å². The van der Waals surface area contributed by atoms with Crippen LogP contribution < -0.4 is 11.5 Å². The number of nitrogens with two attached hydrogens (primary N) is 2. The first kappa shape index (κ1) is 72.9. The Kier molecular flexibility index (Phi) is 27.9. The van der Waals surface area contributed by atoms with Crippen molar-refractivity contribution in [2.45, 2.75) is 177 Å². The second kappa shape index (κ2) is 32.6. The summed E-state index contributed by atoms with van der Waals surface area (Å²) in [5.41, 5.74) is 18.3. The van der Waals surface area contributed by atoms with Gasteiger partial charge in [0.2, 0.25) is 0 Å². The zero-order valence-electron chi connectivity index (χ0n) is 48.2. The van der Waals surface area contributed by atoms with E-state index in [1.807, 2.05) is 45.1 Å². The fraction of sp³-hybridized carbons (Fsp3) is 0.550. The number of epoxide rings is 1. The number of nitro groups is 2. The molecule has 0 bridgehead atoms. The Bertz CT molecular complexity index is 2990. The van der Waals surface area contributed by atoms with Gasteiger partial charge in [-0.1, -0.05) is 62.5 Å². The van der Waals surface area contributed by atoms with Crippen molar-refractivity contribution in [1.82, 2.24) is 24.8 Å². The van der Waals surface area contributed by atoms with Gasteiger partial charge in [0.25, 0.3) is 11.4 Å². The number of aliphatic hydroxyl groups excluding tert-OH is 1. The summed E-state index contributed by atoms with van der Waals surface area (Å²) < 4.78 is 21.8. The van der Waals surface area contributed by atoms with Gasteiger partial charge in [-0.15, -0.1) is 0 Å². The second-order valence-electron chi connectivity index (χ2n) is 23.3. The maximum absolute atomic E-state index is 12.5. The molecule has 2 saturated heterocycles. The summed E-state index contributed by atoms with van der Waals surface area (Å²) in [6.45, 7) is 19.1. The molecule has 6 heterocycles. The van der Waals surface area contributed by atoms with Crippen LogP contribution in [0.5, 0.6) is 0 Å². The molecule has 4 aliphatic carbocycles. The molecule has 4 aromatic heterocycles. The predicted molar refractivity (Wildman–Crippen MR) is 351 cm³/mol. The van der Waals surface area contributed by atoms with E-state index in [0.717, 1.165) is 53.0 Å². The van der Waals surface area contributed by atoms with Crippen molar-refractivity contribution in [3.8, 4) is 0 Å². The number of ether oxygens (including phenoxy) is 4. The van der Waals surface area contributed by atoms with Gasteiger partial charge < -0.3 is 35.5 Å². The molecule has 0 spiro atoms. The first-order valence-electron chi connectivity index (χ1n) is 27.5. The second-order valence-corrected chi connectivity index (χ2v) is 58.6. The Labute approximate surface area is 537 Å². The number of imide groups is 1. The summed E-state index contributed by atoms with van der Waals surface area (Å²) in [6.07, 6.45) is 20.0. The van der Waals surface area contributed by atoms with Crippen LogP contribution in [-0.2, 0) is 28.7 Å². The van der Waals surface area contributed by atoms with Crippen LogP contribution in [0.15, 0.2) is 86.0 Å². The molecule has 6 aliphatic rings.